The van der Waals surface area contributed by atoms with Crippen LogP contribution in [0.1, 0.15) is 35.8 Å². The normalized spacial score (nSPS) is 19.5. The van der Waals surface area contributed by atoms with Crippen LogP contribution in [0.5, 0.6) is 0 Å². The van der Waals surface area contributed by atoms with Gasteiger partial charge in [-0.2, -0.15) is 4.31 Å². The number of nitrogens with zero attached hydrogens (tertiary/aromatic N) is 2. The van der Waals surface area contributed by atoms with E-state index in [9.17, 15) is 8.42 Å². The van der Waals surface area contributed by atoms with Gasteiger partial charge in [-0.15, -0.1) is 0 Å². The summed E-state index contributed by atoms with van der Waals surface area (Å²) >= 11 is 0. The highest BCUT2D eigenvalue weighted by Crippen LogP contribution is 2.35. The van der Waals surface area contributed by atoms with Crippen molar-refractivity contribution in [3.05, 3.63) is 59.4 Å². The summed E-state index contributed by atoms with van der Waals surface area (Å²) in [5, 5.41) is 0. The third kappa shape index (κ3) is 2.78. The Hall–Kier alpha value is -1.72. The molecule has 22 heavy (non-hydrogen) atoms. The maximum absolute atomic E-state index is 12.9. The van der Waals surface area contributed by atoms with Gasteiger partial charge in [-0.3, -0.25) is 4.98 Å². The van der Waals surface area contributed by atoms with Crippen LogP contribution in [-0.2, 0) is 10.0 Å². The summed E-state index contributed by atoms with van der Waals surface area (Å²) in [5.41, 5.74) is 2.81. The van der Waals surface area contributed by atoms with E-state index in [1.54, 1.807) is 16.4 Å². The van der Waals surface area contributed by atoms with Gasteiger partial charge in [0.2, 0.25) is 10.0 Å². The van der Waals surface area contributed by atoms with Gasteiger partial charge in [0.15, 0.2) is 0 Å². The van der Waals surface area contributed by atoms with Crippen LogP contribution in [-0.4, -0.2) is 24.3 Å². The topological polar surface area (TPSA) is 50.3 Å². The van der Waals surface area contributed by atoms with Crippen molar-refractivity contribution in [1.82, 2.24) is 9.29 Å². The fourth-order valence-corrected chi connectivity index (χ4v) is 4.59. The van der Waals surface area contributed by atoms with Crippen LogP contribution in [0.15, 0.2) is 47.4 Å². The molecular weight excluding hydrogens is 296 g/mol. The maximum Gasteiger partial charge on any atom is 0.243 e. The highest BCUT2D eigenvalue weighted by Gasteiger charge is 2.36. The third-order valence-corrected chi connectivity index (χ3v) is 6.00. The molecule has 0 saturated carbocycles. The number of hydrogen-bond acceptors (Lipinski definition) is 3. The van der Waals surface area contributed by atoms with Crippen molar-refractivity contribution >= 4 is 10.0 Å². The van der Waals surface area contributed by atoms with E-state index in [-0.39, 0.29) is 6.04 Å². The molecule has 0 bridgehead atoms. The van der Waals surface area contributed by atoms with Gasteiger partial charge in [0.05, 0.1) is 16.6 Å². The Morgan fingerprint density at radius 1 is 1.09 bits per heavy atom. The predicted octanol–water partition coefficient (Wildman–Crippen LogP) is 3.22. The van der Waals surface area contributed by atoms with Gasteiger partial charge in [0.1, 0.15) is 0 Å². The maximum atomic E-state index is 12.9. The third-order valence-electron chi connectivity index (χ3n) is 4.08. The minimum Gasteiger partial charge on any atom is -0.256 e. The van der Waals surface area contributed by atoms with Gasteiger partial charge in [0, 0.05) is 12.2 Å². The molecule has 4 nitrogen and oxygen atoms in total. The summed E-state index contributed by atoms with van der Waals surface area (Å²) in [4.78, 5) is 4.88. The Balaban J connectivity index is 1.97. The molecule has 1 atom stereocenters. The molecule has 1 fully saturated rings. The van der Waals surface area contributed by atoms with Crippen LogP contribution in [0.4, 0.5) is 0 Å². The summed E-state index contributed by atoms with van der Waals surface area (Å²) in [6, 6.07) is 12.7. The second-order valence-electron chi connectivity index (χ2n) is 5.79. The van der Waals surface area contributed by atoms with Gasteiger partial charge in [-0.1, -0.05) is 23.8 Å². The zero-order valence-electron chi connectivity index (χ0n) is 12.9. The molecule has 0 amide bonds. The standard InChI is InChI=1S/C17H20N2O2S/c1-13-8-10-15(11-9-13)22(20,21)19-12-4-7-17(19)16-6-3-5-14(2)18-16/h3,5-6,8-11,17H,4,7,12H2,1-2H3. The monoisotopic (exact) mass is 316 g/mol. The molecule has 0 radical (unpaired) electrons. The summed E-state index contributed by atoms with van der Waals surface area (Å²) in [6.45, 7) is 4.43. The van der Waals surface area contributed by atoms with Gasteiger partial charge >= 0.3 is 0 Å². The molecule has 3 rings (SSSR count). The lowest BCUT2D eigenvalue weighted by atomic mass is 10.1. The summed E-state index contributed by atoms with van der Waals surface area (Å²) in [6.07, 6.45) is 1.69. The average molecular weight is 316 g/mol. The Labute approximate surface area is 131 Å². The number of sulfonamides is 1. The number of aromatic nitrogens is 1. The zero-order valence-corrected chi connectivity index (χ0v) is 13.7. The lowest BCUT2D eigenvalue weighted by Gasteiger charge is -2.24. The van der Waals surface area contributed by atoms with E-state index in [2.05, 4.69) is 4.98 Å². The Kier molecular flexibility index (Phi) is 4.02. The largest absolute Gasteiger partial charge is 0.256 e. The van der Waals surface area contributed by atoms with Crippen molar-refractivity contribution in [3.8, 4) is 0 Å². The summed E-state index contributed by atoms with van der Waals surface area (Å²) < 4.78 is 27.4. The van der Waals surface area contributed by atoms with E-state index >= 15 is 0 Å². The predicted molar refractivity (Wildman–Crippen MR) is 86.0 cm³/mol. The SMILES string of the molecule is Cc1ccc(S(=O)(=O)N2CCCC2c2cccc(C)n2)cc1. The molecule has 2 heterocycles. The van der Waals surface area contributed by atoms with E-state index in [1.807, 2.05) is 44.2 Å². The fourth-order valence-electron chi connectivity index (χ4n) is 2.92. The molecule has 1 unspecified atom stereocenters. The molecule has 1 aliphatic rings. The van der Waals surface area contributed by atoms with Crippen molar-refractivity contribution in [1.29, 1.82) is 0 Å². The molecule has 1 aliphatic heterocycles. The molecule has 0 spiro atoms. The summed E-state index contributed by atoms with van der Waals surface area (Å²) in [5.74, 6) is 0. The van der Waals surface area contributed by atoms with Gasteiger partial charge in [0.25, 0.3) is 0 Å². The van der Waals surface area contributed by atoms with Crippen molar-refractivity contribution in [2.24, 2.45) is 0 Å². The Morgan fingerprint density at radius 3 is 2.50 bits per heavy atom. The molecule has 1 saturated heterocycles. The van der Waals surface area contributed by atoms with Crippen LogP contribution in [0.3, 0.4) is 0 Å². The number of pyridine rings is 1. The molecule has 1 aromatic heterocycles. The second-order valence-corrected chi connectivity index (χ2v) is 7.68. The first-order chi connectivity index (χ1) is 10.5. The lowest BCUT2D eigenvalue weighted by molar-refractivity contribution is 0.390. The van der Waals surface area contributed by atoms with Crippen LogP contribution < -0.4 is 0 Å². The zero-order chi connectivity index (χ0) is 15.7. The second kappa shape index (κ2) is 5.82. The van der Waals surface area contributed by atoms with Crippen LogP contribution >= 0.6 is 0 Å². The molecule has 0 N–H and O–H groups in total. The van der Waals surface area contributed by atoms with Crippen molar-refractivity contribution in [2.75, 3.05) is 6.54 Å². The number of hydrogen-bond donors (Lipinski definition) is 0. The van der Waals surface area contributed by atoms with Crippen LogP contribution in [0, 0.1) is 13.8 Å². The average Bonchev–Trinajstić information content (AvgIpc) is 2.98. The number of rotatable bonds is 3. The van der Waals surface area contributed by atoms with Crippen molar-refractivity contribution in [2.45, 2.75) is 37.6 Å². The first kappa shape index (κ1) is 15.2. The van der Waals surface area contributed by atoms with E-state index < -0.39 is 10.0 Å². The first-order valence-corrected chi connectivity index (χ1v) is 8.94. The molecule has 116 valence electrons. The molecule has 5 heteroatoms. The minimum absolute atomic E-state index is 0.161. The quantitative estimate of drug-likeness (QED) is 0.873. The Bertz CT molecular complexity index is 770. The molecule has 0 aliphatic carbocycles. The van der Waals surface area contributed by atoms with Crippen LogP contribution in [0.2, 0.25) is 0 Å². The molecule has 1 aromatic carbocycles. The van der Waals surface area contributed by atoms with Gasteiger partial charge < -0.3 is 0 Å². The lowest BCUT2D eigenvalue weighted by Crippen LogP contribution is -2.31. The smallest absolute Gasteiger partial charge is 0.243 e. The fraction of sp³-hybridized carbons (Fsp3) is 0.353. The highest BCUT2D eigenvalue weighted by atomic mass is 32.2. The van der Waals surface area contributed by atoms with Crippen molar-refractivity contribution < 1.29 is 8.42 Å². The molecule has 2 aromatic rings. The number of aryl methyl sites for hydroxylation is 2. The van der Waals surface area contributed by atoms with Crippen LogP contribution in [0.25, 0.3) is 0 Å². The van der Waals surface area contributed by atoms with Crippen molar-refractivity contribution in [3.63, 3.8) is 0 Å². The van der Waals surface area contributed by atoms with E-state index in [4.69, 9.17) is 0 Å². The van der Waals surface area contributed by atoms with E-state index in [0.717, 1.165) is 29.8 Å². The minimum atomic E-state index is -3.47. The highest BCUT2D eigenvalue weighted by molar-refractivity contribution is 7.89. The molecular formula is C17H20N2O2S. The number of benzene rings is 1. The van der Waals surface area contributed by atoms with Gasteiger partial charge in [-0.05, 0) is 51.0 Å². The van der Waals surface area contributed by atoms with E-state index in [1.165, 1.54) is 0 Å². The first-order valence-electron chi connectivity index (χ1n) is 7.50. The van der Waals surface area contributed by atoms with E-state index in [0.29, 0.717) is 11.4 Å². The summed E-state index contributed by atoms with van der Waals surface area (Å²) in [7, 11) is -3.47. The van der Waals surface area contributed by atoms with Gasteiger partial charge in [-0.25, -0.2) is 8.42 Å². The Morgan fingerprint density at radius 2 is 1.82 bits per heavy atom.